The third kappa shape index (κ3) is 9.08. The predicted octanol–water partition coefficient (Wildman–Crippen LogP) is 1.63. The summed E-state index contributed by atoms with van der Waals surface area (Å²) in [4.78, 5) is 20.5. The maximum absolute atomic E-state index is 10.6. The van der Waals surface area contributed by atoms with Gasteiger partial charge in [0.2, 0.25) is 6.41 Å². The minimum atomic E-state index is -0.831. The maximum Gasteiger partial charge on any atom is 0.404 e. The molecule has 0 aliphatic heterocycles. The smallest absolute Gasteiger partial charge is 0.404 e. The molecule has 1 unspecified atom stereocenters. The van der Waals surface area contributed by atoms with Gasteiger partial charge in [-0.25, -0.2) is 4.79 Å². The van der Waals surface area contributed by atoms with Crippen molar-refractivity contribution in [2.45, 2.75) is 25.9 Å². The van der Waals surface area contributed by atoms with Crippen molar-refractivity contribution in [3.05, 3.63) is 23.4 Å². The lowest BCUT2D eigenvalue weighted by Crippen LogP contribution is -2.22. The van der Waals surface area contributed by atoms with Crippen LogP contribution < -0.4 is 11.1 Å². The van der Waals surface area contributed by atoms with E-state index in [1.165, 1.54) is 6.20 Å². The van der Waals surface area contributed by atoms with Crippen molar-refractivity contribution in [2.75, 3.05) is 0 Å². The number of hydrogen-bond acceptors (Lipinski definition) is 3. The number of allylic oxidation sites excluding steroid dienone is 1. The fourth-order valence-corrected chi connectivity index (χ4v) is 1.07. The molecule has 0 fully saturated rings. The van der Waals surface area contributed by atoms with Crippen LogP contribution in [0.25, 0.3) is 0 Å². The highest BCUT2D eigenvalue weighted by Gasteiger charge is 2.09. The van der Waals surface area contributed by atoms with Crippen molar-refractivity contribution in [2.24, 2.45) is 5.73 Å². The Morgan fingerprint density at radius 1 is 1.56 bits per heavy atom. The molecule has 0 heterocycles. The number of carbonyl (C=O) groups is 2. The van der Waals surface area contributed by atoms with Crippen LogP contribution in [0.3, 0.4) is 0 Å². The Morgan fingerprint density at radius 3 is 2.75 bits per heavy atom. The summed E-state index contributed by atoms with van der Waals surface area (Å²) in [6.07, 6.45) is 5.12. The minimum absolute atomic E-state index is 0.379. The molecule has 16 heavy (non-hydrogen) atoms. The van der Waals surface area contributed by atoms with Crippen molar-refractivity contribution < 1.29 is 14.3 Å². The predicted molar refractivity (Wildman–Crippen MR) is 61.6 cm³/mol. The number of ether oxygens (including phenoxy) is 1. The van der Waals surface area contributed by atoms with E-state index in [4.69, 9.17) is 22.1 Å². The number of carbonyl (C=O) groups excluding carboxylic acids is 2. The Hall–Kier alpha value is -1.49. The number of primary amides is 1. The second-order valence-corrected chi connectivity index (χ2v) is 3.60. The molecule has 3 N–H and O–H groups in total. The van der Waals surface area contributed by atoms with Gasteiger partial charge in [-0.1, -0.05) is 23.8 Å². The van der Waals surface area contributed by atoms with Gasteiger partial charge in [0.15, 0.2) is 0 Å². The average molecular weight is 247 g/mol. The second kappa shape index (κ2) is 8.79. The van der Waals surface area contributed by atoms with E-state index in [-0.39, 0.29) is 6.10 Å². The first-order valence-corrected chi connectivity index (χ1v) is 5.07. The van der Waals surface area contributed by atoms with E-state index < -0.39 is 6.09 Å². The van der Waals surface area contributed by atoms with E-state index in [2.05, 4.69) is 5.32 Å². The summed E-state index contributed by atoms with van der Waals surface area (Å²) in [5, 5.41) is 2.97. The molecule has 0 saturated heterocycles. The van der Waals surface area contributed by atoms with Crippen LogP contribution in [0.5, 0.6) is 0 Å². The van der Waals surface area contributed by atoms with Gasteiger partial charge in [0.05, 0.1) is 0 Å². The van der Waals surface area contributed by atoms with E-state index in [0.29, 0.717) is 24.3 Å². The summed E-state index contributed by atoms with van der Waals surface area (Å²) in [5.74, 6) is 0. The topological polar surface area (TPSA) is 81.4 Å². The molecule has 0 bridgehead atoms. The summed E-state index contributed by atoms with van der Waals surface area (Å²) >= 11 is 5.65. The Bertz CT molecular complexity index is 286. The van der Waals surface area contributed by atoms with Crippen LogP contribution in [0.2, 0.25) is 0 Å². The molecule has 0 aromatic heterocycles. The molecule has 0 aromatic rings. The number of amides is 2. The first kappa shape index (κ1) is 14.5. The number of nitrogens with one attached hydrogen (secondary N) is 1. The summed E-state index contributed by atoms with van der Waals surface area (Å²) in [7, 11) is 0. The largest absolute Gasteiger partial charge is 0.446 e. The fourth-order valence-electron chi connectivity index (χ4n) is 0.978. The zero-order chi connectivity index (χ0) is 12.4. The lowest BCUT2D eigenvalue weighted by atomic mass is 10.1. The monoisotopic (exact) mass is 246 g/mol. The molecule has 0 saturated carbocycles. The standard InChI is InChI=1S/C10H15ClN2O3/c1-8(11)4-5-9(16-10(12)15)3-2-6-13-7-14/h2,4,6-7,9H,3,5H2,1H3,(H2,12,15)(H,13,14)/b6-2-,8-4+. The van der Waals surface area contributed by atoms with Crippen molar-refractivity contribution in [1.29, 1.82) is 0 Å². The van der Waals surface area contributed by atoms with E-state index in [1.807, 2.05) is 0 Å². The molecule has 0 rings (SSSR count). The molecule has 6 heteroatoms. The van der Waals surface area contributed by atoms with Crippen molar-refractivity contribution >= 4 is 24.1 Å². The number of rotatable bonds is 7. The minimum Gasteiger partial charge on any atom is -0.446 e. The summed E-state index contributed by atoms with van der Waals surface area (Å²) in [6, 6.07) is 0. The van der Waals surface area contributed by atoms with E-state index in [0.717, 1.165) is 0 Å². The SMILES string of the molecule is C/C(Cl)=C\CC(C/C=C\NC=O)OC(N)=O. The van der Waals surface area contributed by atoms with Crippen molar-refractivity contribution in [3.63, 3.8) is 0 Å². The number of nitrogens with two attached hydrogens (primary N) is 1. The highest BCUT2D eigenvalue weighted by atomic mass is 35.5. The second-order valence-electron chi connectivity index (χ2n) is 3.01. The molecule has 90 valence electrons. The molecular weight excluding hydrogens is 232 g/mol. The molecule has 0 radical (unpaired) electrons. The molecule has 1 atom stereocenters. The normalized spacial score (nSPS) is 13.5. The van der Waals surface area contributed by atoms with Crippen LogP contribution in [0.4, 0.5) is 4.79 Å². The van der Waals surface area contributed by atoms with Gasteiger partial charge >= 0.3 is 6.09 Å². The third-order valence-electron chi connectivity index (χ3n) is 1.63. The summed E-state index contributed by atoms with van der Waals surface area (Å²) < 4.78 is 4.85. The summed E-state index contributed by atoms with van der Waals surface area (Å²) in [6.45, 7) is 1.73. The first-order chi connectivity index (χ1) is 7.56. The maximum atomic E-state index is 10.6. The zero-order valence-corrected chi connectivity index (χ0v) is 9.74. The van der Waals surface area contributed by atoms with Crippen LogP contribution in [-0.2, 0) is 9.53 Å². The van der Waals surface area contributed by atoms with E-state index >= 15 is 0 Å². The van der Waals surface area contributed by atoms with Gasteiger partial charge < -0.3 is 15.8 Å². The lowest BCUT2D eigenvalue weighted by molar-refractivity contribution is -0.108. The summed E-state index contributed by atoms with van der Waals surface area (Å²) in [5.41, 5.74) is 4.92. The van der Waals surface area contributed by atoms with Gasteiger partial charge in [-0.15, -0.1) is 0 Å². The molecule has 2 amide bonds. The highest BCUT2D eigenvalue weighted by Crippen LogP contribution is 2.09. The van der Waals surface area contributed by atoms with E-state index in [9.17, 15) is 9.59 Å². The van der Waals surface area contributed by atoms with Crippen molar-refractivity contribution in [3.8, 4) is 0 Å². The molecule has 0 aliphatic rings. The quantitative estimate of drug-likeness (QED) is 0.670. The van der Waals surface area contributed by atoms with Crippen LogP contribution in [0.1, 0.15) is 19.8 Å². The molecule has 0 spiro atoms. The van der Waals surface area contributed by atoms with Crippen LogP contribution >= 0.6 is 11.6 Å². The van der Waals surface area contributed by atoms with Crippen LogP contribution in [0, 0.1) is 0 Å². The Morgan fingerprint density at radius 2 is 2.25 bits per heavy atom. The average Bonchev–Trinajstić information content (AvgIpc) is 2.19. The van der Waals surface area contributed by atoms with Gasteiger partial charge in [0.25, 0.3) is 0 Å². The molecule has 5 nitrogen and oxygen atoms in total. The Labute approximate surface area is 99.3 Å². The zero-order valence-electron chi connectivity index (χ0n) is 8.98. The Kier molecular flexibility index (Phi) is 7.97. The van der Waals surface area contributed by atoms with Gasteiger partial charge in [-0.2, -0.15) is 0 Å². The van der Waals surface area contributed by atoms with Crippen molar-refractivity contribution in [1.82, 2.24) is 5.32 Å². The number of halogens is 1. The first-order valence-electron chi connectivity index (χ1n) is 4.69. The highest BCUT2D eigenvalue weighted by molar-refractivity contribution is 6.29. The fraction of sp³-hybridized carbons (Fsp3) is 0.400. The molecule has 0 aromatic carbocycles. The van der Waals surface area contributed by atoms with Gasteiger partial charge in [0.1, 0.15) is 6.10 Å². The number of hydrogen-bond donors (Lipinski definition) is 2. The van der Waals surface area contributed by atoms with Crippen LogP contribution in [0.15, 0.2) is 23.4 Å². The van der Waals surface area contributed by atoms with Crippen LogP contribution in [-0.4, -0.2) is 18.6 Å². The molecule has 0 aliphatic carbocycles. The van der Waals surface area contributed by atoms with Gasteiger partial charge in [-0.3, -0.25) is 4.79 Å². The van der Waals surface area contributed by atoms with Gasteiger partial charge in [0, 0.05) is 17.9 Å². The van der Waals surface area contributed by atoms with E-state index in [1.54, 1.807) is 19.1 Å². The molecular formula is C10H15ClN2O3. The lowest BCUT2D eigenvalue weighted by Gasteiger charge is -2.12. The Balaban J connectivity index is 4.14. The van der Waals surface area contributed by atoms with Gasteiger partial charge in [-0.05, 0) is 13.1 Å². The third-order valence-corrected chi connectivity index (χ3v) is 1.78.